The smallest absolute Gasteiger partial charge is 0.264 e. The molecule has 0 unspecified atom stereocenters. The van der Waals surface area contributed by atoms with Crippen molar-refractivity contribution in [3.8, 4) is 17.2 Å². The second-order valence-corrected chi connectivity index (χ2v) is 9.79. The minimum absolute atomic E-state index is 0.0941. The number of fused-ring (bicyclic) bond motifs is 1. The Hall–Kier alpha value is -3.72. The number of hydrogen-bond acceptors (Lipinski definition) is 6. The Bertz CT molecular complexity index is 1260. The lowest BCUT2D eigenvalue weighted by molar-refractivity contribution is -0.127. The summed E-state index contributed by atoms with van der Waals surface area (Å²) < 4.78 is 44.8. The first-order valence-corrected chi connectivity index (χ1v) is 12.8. The van der Waals surface area contributed by atoms with E-state index in [-0.39, 0.29) is 24.6 Å². The lowest BCUT2D eigenvalue weighted by atomic mass is 10.2. The molecule has 4 rings (SSSR count). The van der Waals surface area contributed by atoms with Gasteiger partial charge in [-0.25, -0.2) is 8.42 Å². The van der Waals surface area contributed by atoms with E-state index in [4.69, 9.17) is 14.2 Å². The van der Waals surface area contributed by atoms with Crippen LogP contribution in [0.15, 0.2) is 77.7 Å². The molecule has 0 saturated carbocycles. The molecule has 1 aliphatic rings. The van der Waals surface area contributed by atoms with Crippen LogP contribution in [0.2, 0.25) is 0 Å². The fourth-order valence-corrected chi connectivity index (χ4v) is 5.20. The molecule has 0 spiro atoms. The number of benzene rings is 3. The number of hydrogen-bond donors (Lipinski definition) is 1. The summed E-state index contributed by atoms with van der Waals surface area (Å²) in [7, 11) is -2.43. The predicted octanol–water partition coefficient (Wildman–Crippen LogP) is 3.41. The van der Waals surface area contributed by atoms with Crippen LogP contribution in [0.4, 0.5) is 5.69 Å². The topological polar surface area (TPSA) is 94.2 Å². The van der Waals surface area contributed by atoms with E-state index < -0.39 is 22.0 Å². The Balaban J connectivity index is 1.44. The van der Waals surface area contributed by atoms with Gasteiger partial charge >= 0.3 is 0 Å². The predicted molar refractivity (Wildman–Crippen MR) is 133 cm³/mol. The summed E-state index contributed by atoms with van der Waals surface area (Å²) in [5, 5.41) is 2.78. The molecular formula is C26H28N2O6S. The summed E-state index contributed by atoms with van der Waals surface area (Å²) in [5.74, 6) is 1.17. The third-order valence-electron chi connectivity index (χ3n) is 5.68. The third kappa shape index (κ3) is 5.51. The van der Waals surface area contributed by atoms with Crippen molar-refractivity contribution in [3.63, 3.8) is 0 Å². The van der Waals surface area contributed by atoms with Gasteiger partial charge in [0, 0.05) is 0 Å². The normalized spacial score (nSPS) is 15.0. The van der Waals surface area contributed by atoms with E-state index in [2.05, 4.69) is 12.2 Å². The quantitative estimate of drug-likeness (QED) is 0.457. The zero-order valence-corrected chi connectivity index (χ0v) is 20.5. The molecule has 1 aliphatic heterocycles. The number of methoxy groups -OCH3 is 1. The van der Waals surface area contributed by atoms with Crippen LogP contribution < -0.4 is 23.8 Å². The van der Waals surface area contributed by atoms with Gasteiger partial charge in [0.25, 0.3) is 15.9 Å². The van der Waals surface area contributed by atoms with Crippen molar-refractivity contribution >= 4 is 21.6 Å². The minimum Gasteiger partial charge on any atom is -0.497 e. The number of rotatable bonds is 9. The van der Waals surface area contributed by atoms with Crippen LogP contribution >= 0.6 is 0 Å². The molecule has 1 atom stereocenters. The van der Waals surface area contributed by atoms with Gasteiger partial charge in [-0.1, -0.05) is 31.2 Å². The zero-order valence-electron chi connectivity index (χ0n) is 19.6. The van der Waals surface area contributed by atoms with E-state index in [9.17, 15) is 13.2 Å². The maximum Gasteiger partial charge on any atom is 0.264 e. The van der Waals surface area contributed by atoms with E-state index >= 15 is 0 Å². The Morgan fingerprint density at radius 2 is 1.71 bits per heavy atom. The van der Waals surface area contributed by atoms with Gasteiger partial charge in [-0.05, 0) is 60.5 Å². The Morgan fingerprint density at radius 1 is 1.03 bits per heavy atom. The minimum atomic E-state index is -3.94. The largest absolute Gasteiger partial charge is 0.497 e. The van der Waals surface area contributed by atoms with Crippen LogP contribution in [-0.4, -0.2) is 47.2 Å². The van der Waals surface area contributed by atoms with Crippen molar-refractivity contribution in [1.82, 2.24) is 5.32 Å². The average Bonchev–Trinajstić information content (AvgIpc) is 2.90. The highest BCUT2D eigenvalue weighted by Crippen LogP contribution is 2.37. The van der Waals surface area contributed by atoms with Crippen LogP contribution in [0.25, 0.3) is 0 Å². The molecule has 35 heavy (non-hydrogen) atoms. The van der Waals surface area contributed by atoms with E-state index in [0.717, 1.165) is 12.2 Å². The maximum atomic E-state index is 13.5. The first-order valence-electron chi connectivity index (χ1n) is 11.3. The van der Waals surface area contributed by atoms with Crippen LogP contribution in [0.5, 0.6) is 17.2 Å². The Morgan fingerprint density at radius 3 is 2.40 bits per heavy atom. The molecule has 8 nitrogen and oxygen atoms in total. The molecular weight excluding hydrogens is 468 g/mol. The highest BCUT2D eigenvalue weighted by molar-refractivity contribution is 7.92. The highest BCUT2D eigenvalue weighted by atomic mass is 32.2. The van der Waals surface area contributed by atoms with Crippen molar-refractivity contribution in [2.45, 2.75) is 24.3 Å². The summed E-state index contributed by atoms with van der Waals surface area (Å²) in [6.45, 7) is 2.45. The van der Waals surface area contributed by atoms with E-state index in [0.29, 0.717) is 17.2 Å². The zero-order chi connectivity index (χ0) is 24.8. The number of amides is 1. The van der Waals surface area contributed by atoms with Gasteiger partial charge in [0.2, 0.25) is 0 Å². The molecule has 1 amide bonds. The molecule has 1 heterocycles. The molecule has 1 N–H and O–H groups in total. The standard InChI is InChI=1S/C26H28N2O6S/c1-3-19-8-10-21(11-9-19)33-17-16-27-26(29)25-18-28(23-6-4-5-7-24(23)34-25)35(30,31)22-14-12-20(32-2)13-15-22/h4-15,25H,3,16-18H2,1-2H3,(H,27,29)/t25-/m0/s1. The first kappa shape index (κ1) is 24.4. The molecule has 184 valence electrons. The number of para-hydroxylation sites is 2. The van der Waals surface area contributed by atoms with Crippen molar-refractivity contribution in [2.75, 3.05) is 31.1 Å². The molecule has 3 aromatic carbocycles. The molecule has 0 saturated heterocycles. The molecule has 3 aromatic rings. The molecule has 0 radical (unpaired) electrons. The fourth-order valence-electron chi connectivity index (χ4n) is 3.72. The lowest BCUT2D eigenvalue weighted by Crippen LogP contribution is -2.51. The van der Waals surface area contributed by atoms with Gasteiger partial charge in [-0.15, -0.1) is 0 Å². The molecule has 0 aromatic heterocycles. The monoisotopic (exact) mass is 496 g/mol. The van der Waals surface area contributed by atoms with E-state index in [1.54, 1.807) is 36.4 Å². The summed E-state index contributed by atoms with van der Waals surface area (Å²) in [4.78, 5) is 13.0. The van der Waals surface area contributed by atoms with Gasteiger partial charge in [0.05, 0.1) is 30.8 Å². The maximum absolute atomic E-state index is 13.5. The number of aryl methyl sites for hydroxylation is 1. The van der Waals surface area contributed by atoms with Crippen LogP contribution in [-0.2, 0) is 21.2 Å². The number of nitrogens with zero attached hydrogens (tertiary/aromatic N) is 1. The number of carbonyl (C=O) groups excluding carboxylic acids is 1. The van der Waals surface area contributed by atoms with Crippen LogP contribution in [0.1, 0.15) is 12.5 Å². The molecule has 0 bridgehead atoms. The molecule has 0 aliphatic carbocycles. The summed E-state index contributed by atoms with van der Waals surface area (Å²) in [6, 6.07) is 20.7. The molecule has 9 heteroatoms. The van der Waals surface area contributed by atoms with E-state index in [1.165, 1.54) is 29.1 Å². The summed E-state index contributed by atoms with van der Waals surface area (Å²) >= 11 is 0. The van der Waals surface area contributed by atoms with Gasteiger partial charge in [0.15, 0.2) is 6.10 Å². The number of sulfonamides is 1. The Labute approximate surface area is 205 Å². The fraction of sp³-hybridized carbons (Fsp3) is 0.269. The number of anilines is 1. The van der Waals surface area contributed by atoms with Crippen LogP contribution in [0, 0.1) is 0 Å². The summed E-state index contributed by atoms with van der Waals surface area (Å²) in [6.07, 6.45) is -0.0618. The summed E-state index contributed by atoms with van der Waals surface area (Å²) in [5.41, 5.74) is 1.60. The van der Waals surface area contributed by atoms with Crippen molar-refractivity contribution in [3.05, 3.63) is 78.4 Å². The number of carbonyl (C=O) groups is 1. The number of nitrogens with one attached hydrogen (secondary N) is 1. The SMILES string of the molecule is CCc1ccc(OCCNC(=O)[C@@H]2CN(S(=O)(=O)c3ccc(OC)cc3)c3ccccc3O2)cc1. The average molecular weight is 497 g/mol. The third-order valence-corrected chi connectivity index (χ3v) is 7.47. The van der Waals surface area contributed by atoms with Gasteiger partial charge in [0.1, 0.15) is 23.9 Å². The highest BCUT2D eigenvalue weighted by Gasteiger charge is 2.37. The second kappa shape index (κ2) is 10.7. The number of ether oxygens (including phenoxy) is 3. The van der Waals surface area contributed by atoms with E-state index in [1.807, 2.05) is 24.3 Å². The van der Waals surface area contributed by atoms with Gasteiger partial charge in [-0.2, -0.15) is 0 Å². The van der Waals surface area contributed by atoms with Crippen molar-refractivity contribution in [2.24, 2.45) is 0 Å². The lowest BCUT2D eigenvalue weighted by Gasteiger charge is -2.34. The second-order valence-electron chi connectivity index (χ2n) is 7.92. The first-order chi connectivity index (χ1) is 16.9. The van der Waals surface area contributed by atoms with Crippen molar-refractivity contribution in [1.29, 1.82) is 0 Å². The van der Waals surface area contributed by atoms with Crippen LogP contribution in [0.3, 0.4) is 0 Å². The van der Waals surface area contributed by atoms with Gasteiger partial charge < -0.3 is 19.5 Å². The van der Waals surface area contributed by atoms with Crippen molar-refractivity contribution < 1.29 is 27.4 Å². The Kier molecular flexibility index (Phi) is 7.45. The molecule has 0 fully saturated rings. The van der Waals surface area contributed by atoms with Gasteiger partial charge in [-0.3, -0.25) is 9.10 Å².